The Morgan fingerprint density at radius 2 is 1.92 bits per heavy atom. The van der Waals surface area contributed by atoms with Crippen molar-refractivity contribution < 1.29 is 14.3 Å². The Morgan fingerprint density at radius 3 is 2.54 bits per heavy atom. The lowest BCUT2D eigenvalue weighted by Crippen LogP contribution is -2.50. The Kier molecular flexibility index (Phi) is 5.57. The van der Waals surface area contributed by atoms with E-state index in [1.54, 1.807) is 0 Å². The predicted molar refractivity (Wildman–Crippen MR) is 107 cm³/mol. The predicted octanol–water partition coefficient (Wildman–Crippen LogP) is 5.56. The van der Waals surface area contributed by atoms with Gasteiger partial charge < -0.3 is 14.4 Å². The van der Waals surface area contributed by atoms with E-state index in [0.29, 0.717) is 11.3 Å². The number of halogens is 1. The van der Waals surface area contributed by atoms with E-state index < -0.39 is 5.60 Å². The zero-order valence-corrected chi connectivity index (χ0v) is 17.9. The van der Waals surface area contributed by atoms with Crippen LogP contribution < -0.4 is 4.74 Å². The summed E-state index contributed by atoms with van der Waals surface area (Å²) in [5.41, 5.74) is 1.15. The third-order valence-electron chi connectivity index (χ3n) is 5.61. The van der Waals surface area contributed by atoms with Crippen LogP contribution in [0.2, 0.25) is 0 Å². The Hall–Kier alpha value is -1.23. The molecule has 0 N–H and O–H groups in total. The number of nitrogens with zero attached hydrogens (tertiary/aromatic N) is 1. The minimum absolute atomic E-state index is 0.170. The molecule has 1 aromatic carbocycles. The van der Waals surface area contributed by atoms with Crippen LogP contribution in [-0.2, 0) is 4.74 Å². The second-order valence-corrected chi connectivity index (χ2v) is 9.77. The van der Waals surface area contributed by atoms with Crippen molar-refractivity contribution in [2.24, 2.45) is 11.3 Å². The van der Waals surface area contributed by atoms with Gasteiger partial charge in [0.05, 0.1) is 6.61 Å². The number of benzene rings is 1. The molecule has 2 fully saturated rings. The van der Waals surface area contributed by atoms with Crippen LogP contribution in [0.25, 0.3) is 0 Å². The number of ether oxygens (including phenoxy) is 2. The van der Waals surface area contributed by atoms with Crippen LogP contribution in [0, 0.1) is 18.3 Å². The number of hydrogen-bond donors (Lipinski definition) is 0. The first kappa shape index (κ1) is 19.5. The zero-order valence-electron chi connectivity index (χ0n) is 16.3. The summed E-state index contributed by atoms with van der Waals surface area (Å²) in [6.45, 7) is 10.2. The van der Waals surface area contributed by atoms with Crippen molar-refractivity contribution >= 4 is 22.0 Å². The first-order chi connectivity index (χ1) is 12.2. The van der Waals surface area contributed by atoms with E-state index >= 15 is 0 Å². The molecule has 144 valence electrons. The average molecular weight is 424 g/mol. The maximum atomic E-state index is 12.2. The summed E-state index contributed by atoms with van der Waals surface area (Å²) in [6, 6.07) is 6.09. The summed E-state index contributed by atoms with van der Waals surface area (Å²) in [6.07, 6.45) is 4.42. The van der Waals surface area contributed by atoms with Crippen LogP contribution in [0.4, 0.5) is 4.79 Å². The quantitative estimate of drug-likeness (QED) is 0.638. The molecule has 1 aromatic rings. The number of amides is 1. The van der Waals surface area contributed by atoms with E-state index in [-0.39, 0.29) is 6.09 Å². The summed E-state index contributed by atoms with van der Waals surface area (Å²) in [4.78, 5) is 14.1. The molecule has 0 unspecified atom stereocenters. The lowest BCUT2D eigenvalue weighted by atomic mass is 9.58. The van der Waals surface area contributed by atoms with Crippen molar-refractivity contribution in [1.82, 2.24) is 4.90 Å². The molecule has 0 bridgehead atoms. The number of piperidine rings is 1. The fourth-order valence-corrected chi connectivity index (χ4v) is 4.48. The van der Waals surface area contributed by atoms with Gasteiger partial charge in [0, 0.05) is 23.1 Å². The molecule has 0 aromatic heterocycles. The molecule has 0 radical (unpaired) electrons. The summed E-state index contributed by atoms with van der Waals surface area (Å²) < 4.78 is 12.6. The standard InChI is InChI=1S/C21H30BrNO3/c1-15-17(22)6-5-7-18(15)25-14-16-12-21(13-16)8-10-23(11-9-21)19(24)26-20(2,3)4/h5-7,16H,8-14H2,1-4H3. The van der Waals surface area contributed by atoms with Gasteiger partial charge in [0.25, 0.3) is 0 Å². The molecule has 26 heavy (non-hydrogen) atoms. The third kappa shape index (κ3) is 4.54. The van der Waals surface area contributed by atoms with E-state index in [0.717, 1.165) is 48.3 Å². The minimum Gasteiger partial charge on any atom is -0.493 e. The van der Waals surface area contributed by atoms with Gasteiger partial charge in [-0.3, -0.25) is 0 Å². The van der Waals surface area contributed by atoms with Gasteiger partial charge in [-0.1, -0.05) is 22.0 Å². The summed E-state index contributed by atoms with van der Waals surface area (Å²) in [7, 11) is 0. The van der Waals surface area contributed by atoms with E-state index in [1.165, 1.54) is 12.8 Å². The van der Waals surface area contributed by atoms with Gasteiger partial charge in [-0.15, -0.1) is 0 Å². The number of likely N-dealkylation sites (tertiary alicyclic amines) is 1. The molecule has 1 aliphatic heterocycles. The summed E-state index contributed by atoms with van der Waals surface area (Å²) >= 11 is 3.55. The smallest absolute Gasteiger partial charge is 0.410 e. The van der Waals surface area contributed by atoms with Gasteiger partial charge in [-0.2, -0.15) is 0 Å². The van der Waals surface area contributed by atoms with Crippen molar-refractivity contribution in [3.8, 4) is 5.75 Å². The lowest BCUT2D eigenvalue weighted by Gasteiger charge is -2.52. The average Bonchev–Trinajstić information content (AvgIpc) is 2.53. The molecule has 1 amide bonds. The number of hydrogen-bond acceptors (Lipinski definition) is 3. The Bertz CT molecular complexity index is 652. The molecule has 1 aliphatic carbocycles. The fourth-order valence-electron chi connectivity index (χ4n) is 4.13. The van der Waals surface area contributed by atoms with Crippen LogP contribution in [-0.4, -0.2) is 36.3 Å². The van der Waals surface area contributed by atoms with Crippen LogP contribution >= 0.6 is 15.9 Å². The highest BCUT2D eigenvalue weighted by atomic mass is 79.9. The second-order valence-electron chi connectivity index (χ2n) is 8.92. The Balaban J connectivity index is 1.43. The topological polar surface area (TPSA) is 38.8 Å². The van der Waals surface area contributed by atoms with Crippen molar-refractivity contribution in [3.63, 3.8) is 0 Å². The first-order valence-electron chi connectivity index (χ1n) is 9.53. The largest absolute Gasteiger partial charge is 0.493 e. The molecule has 1 heterocycles. The minimum atomic E-state index is -0.421. The van der Waals surface area contributed by atoms with Gasteiger partial charge in [0.2, 0.25) is 0 Å². The van der Waals surface area contributed by atoms with E-state index in [4.69, 9.17) is 9.47 Å². The second kappa shape index (κ2) is 7.41. The first-order valence-corrected chi connectivity index (χ1v) is 10.3. The maximum absolute atomic E-state index is 12.2. The van der Waals surface area contributed by atoms with Gasteiger partial charge in [0.1, 0.15) is 11.4 Å². The molecule has 2 aliphatic rings. The highest BCUT2D eigenvalue weighted by molar-refractivity contribution is 9.10. The van der Waals surface area contributed by atoms with Gasteiger partial charge in [0.15, 0.2) is 0 Å². The van der Waals surface area contributed by atoms with Crippen molar-refractivity contribution in [2.75, 3.05) is 19.7 Å². The van der Waals surface area contributed by atoms with Crippen molar-refractivity contribution in [2.45, 2.75) is 59.0 Å². The van der Waals surface area contributed by atoms with Gasteiger partial charge in [-0.05, 0) is 76.8 Å². The van der Waals surface area contributed by atoms with Crippen molar-refractivity contribution in [1.29, 1.82) is 0 Å². The van der Waals surface area contributed by atoms with Gasteiger partial charge in [-0.25, -0.2) is 4.79 Å². The zero-order chi connectivity index (χ0) is 18.9. The SMILES string of the molecule is Cc1c(Br)cccc1OCC1CC2(CCN(C(=O)OC(C)(C)C)CC2)C1. The van der Waals surface area contributed by atoms with E-state index in [1.807, 2.05) is 43.9 Å². The molecule has 1 spiro atoms. The molecule has 1 saturated heterocycles. The maximum Gasteiger partial charge on any atom is 0.410 e. The number of carbonyl (C=O) groups excluding carboxylic acids is 1. The Morgan fingerprint density at radius 1 is 1.27 bits per heavy atom. The van der Waals surface area contributed by atoms with Crippen LogP contribution in [0.3, 0.4) is 0 Å². The van der Waals surface area contributed by atoms with E-state index in [2.05, 4.69) is 22.9 Å². The van der Waals surface area contributed by atoms with Crippen LogP contribution in [0.5, 0.6) is 5.75 Å². The summed E-state index contributed by atoms with van der Waals surface area (Å²) in [5, 5.41) is 0. The molecular weight excluding hydrogens is 394 g/mol. The number of rotatable bonds is 3. The molecule has 1 saturated carbocycles. The third-order valence-corrected chi connectivity index (χ3v) is 6.47. The Labute approximate surface area is 165 Å². The monoisotopic (exact) mass is 423 g/mol. The van der Waals surface area contributed by atoms with Gasteiger partial charge >= 0.3 is 6.09 Å². The molecule has 0 atom stereocenters. The van der Waals surface area contributed by atoms with Crippen LogP contribution in [0.15, 0.2) is 22.7 Å². The highest BCUT2D eigenvalue weighted by Gasteiger charge is 2.46. The van der Waals surface area contributed by atoms with Crippen LogP contribution in [0.1, 0.15) is 52.0 Å². The highest BCUT2D eigenvalue weighted by Crippen LogP contribution is 2.52. The molecular formula is C21H30BrNO3. The summed E-state index contributed by atoms with van der Waals surface area (Å²) in [5.74, 6) is 1.60. The lowest BCUT2D eigenvalue weighted by molar-refractivity contribution is -0.0381. The molecule has 5 heteroatoms. The number of carbonyl (C=O) groups is 1. The molecule has 3 rings (SSSR count). The fraction of sp³-hybridized carbons (Fsp3) is 0.667. The normalized spacial score (nSPS) is 20.0. The molecule has 4 nitrogen and oxygen atoms in total. The van der Waals surface area contributed by atoms with E-state index in [9.17, 15) is 4.79 Å². The van der Waals surface area contributed by atoms with Crippen molar-refractivity contribution in [3.05, 3.63) is 28.2 Å².